The minimum Gasteiger partial charge on any atom is -0.493 e. The number of pyridine rings is 2. The first kappa shape index (κ1) is 18.0. The number of nitrogens with zero attached hydrogens (tertiary/aromatic N) is 4. The SMILES string of the molecule is N#Cc1ccc(N2CCC(COc3ccnc(C(F)(F)F)c3)CC2)nc1. The summed E-state index contributed by atoms with van der Waals surface area (Å²) in [5, 5.41) is 8.80. The van der Waals surface area contributed by atoms with Crippen LogP contribution in [0.25, 0.3) is 0 Å². The van der Waals surface area contributed by atoms with Crippen LogP contribution in [0.15, 0.2) is 36.7 Å². The predicted molar refractivity (Wildman–Crippen MR) is 88.6 cm³/mol. The highest BCUT2D eigenvalue weighted by Gasteiger charge is 2.32. The topological polar surface area (TPSA) is 62.0 Å². The third-order valence-corrected chi connectivity index (χ3v) is 4.32. The Morgan fingerprint density at radius 2 is 1.96 bits per heavy atom. The van der Waals surface area contributed by atoms with E-state index in [0.29, 0.717) is 12.2 Å². The quantitative estimate of drug-likeness (QED) is 0.831. The summed E-state index contributed by atoms with van der Waals surface area (Å²) in [6, 6.07) is 7.96. The van der Waals surface area contributed by atoms with Crippen molar-refractivity contribution in [2.75, 3.05) is 24.6 Å². The van der Waals surface area contributed by atoms with Gasteiger partial charge in [-0.3, -0.25) is 4.98 Å². The van der Waals surface area contributed by atoms with E-state index >= 15 is 0 Å². The van der Waals surface area contributed by atoms with Gasteiger partial charge in [0.05, 0.1) is 12.2 Å². The number of hydrogen-bond donors (Lipinski definition) is 0. The maximum atomic E-state index is 12.7. The van der Waals surface area contributed by atoms with E-state index in [-0.39, 0.29) is 11.7 Å². The largest absolute Gasteiger partial charge is 0.493 e. The third kappa shape index (κ3) is 4.42. The van der Waals surface area contributed by atoms with Crippen LogP contribution >= 0.6 is 0 Å². The molecule has 136 valence electrons. The number of alkyl halides is 3. The number of ether oxygens (including phenoxy) is 1. The van der Waals surface area contributed by atoms with Gasteiger partial charge in [-0.05, 0) is 37.0 Å². The van der Waals surface area contributed by atoms with Crippen molar-refractivity contribution in [2.45, 2.75) is 19.0 Å². The zero-order chi connectivity index (χ0) is 18.6. The van der Waals surface area contributed by atoms with Gasteiger partial charge in [-0.15, -0.1) is 0 Å². The molecule has 0 N–H and O–H groups in total. The van der Waals surface area contributed by atoms with E-state index < -0.39 is 11.9 Å². The van der Waals surface area contributed by atoms with Gasteiger partial charge >= 0.3 is 6.18 Å². The Hall–Kier alpha value is -2.82. The summed E-state index contributed by atoms with van der Waals surface area (Å²) in [4.78, 5) is 9.74. The fourth-order valence-corrected chi connectivity index (χ4v) is 2.84. The average molecular weight is 362 g/mol. The Kier molecular flexibility index (Phi) is 5.26. The van der Waals surface area contributed by atoms with Gasteiger partial charge in [0.25, 0.3) is 0 Å². The Labute approximate surface area is 149 Å². The van der Waals surface area contributed by atoms with Gasteiger partial charge in [-0.25, -0.2) is 4.98 Å². The second kappa shape index (κ2) is 7.60. The Balaban J connectivity index is 1.50. The first-order valence-electron chi connectivity index (χ1n) is 8.23. The van der Waals surface area contributed by atoms with Crippen LogP contribution in [0.3, 0.4) is 0 Å². The summed E-state index contributed by atoms with van der Waals surface area (Å²) in [5.41, 5.74) is -0.427. The Morgan fingerprint density at radius 3 is 2.58 bits per heavy atom. The number of piperidine rings is 1. The summed E-state index contributed by atoms with van der Waals surface area (Å²) in [6.07, 6.45) is -0.0971. The lowest BCUT2D eigenvalue weighted by molar-refractivity contribution is -0.141. The van der Waals surface area contributed by atoms with Crippen LogP contribution in [0.2, 0.25) is 0 Å². The van der Waals surface area contributed by atoms with Gasteiger partial charge in [0.1, 0.15) is 23.3 Å². The molecule has 2 aromatic rings. The van der Waals surface area contributed by atoms with E-state index in [1.807, 2.05) is 12.1 Å². The lowest BCUT2D eigenvalue weighted by Gasteiger charge is -2.32. The fraction of sp³-hybridized carbons (Fsp3) is 0.389. The smallest absolute Gasteiger partial charge is 0.433 e. The Morgan fingerprint density at radius 1 is 1.19 bits per heavy atom. The lowest BCUT2D eigenvalue weighted by Crippen LogP contribution is -2.36. The van der Waals surface area contributed by atoms with Gasteiger partial charge in [0.15, 0.2) is 0 Å². The molecule has 0 aromatic carbocycles. The third-order valence-electron chi connectivity index (χ3n) is 4.32. The molecule has 8 heteroatoms. The molecule has 0 aliphatic carbocycles. The number of anilines is 1. The maximum Gasteiger partial charge on any atom is 0.433 e. The first-order chi connectivity index (χ1) is 12.5. The number of rotatable bonds is 4. The van der Waals surface area contributed by atoms with Gasteiger partial charge < -0.3 is 9.64 Å². The second-order valence-corrected chi connectivity index (χ2v) is 6.13. The zero-order valence-corrected chi connectivity index (χ0v) is 13.9. The van der Waals surface area contributed by atoms with Crippen LogP contribution in [-0.2, 0) is 6.18 Å². The summed E-state index contributed by atoms with van der Waals surface area (Å²) >= 11 is 0. The molecular weight excluding hydrogens is 345 g/mol. The van der Waals surface area contributed by atoms with Crippen molar-refractivity contribution in [3.05, 3.63) is 47.9 Å². The summed E-state index contributed by atoms with van der Waals surface area (Å²) in [5.74, 6) is 1.28. The number of hydrogen-bond acceptors (Lipinski definition) is 5. The number of halogens is 3. The van der Waals surface area contributed by atoms with Crippen LogP contribution in [0.5, 0.6) is 5.75 Å². The number of aromatic nitrogens is 2. The number of nitriles is 1. The molecular formula is C18H17F3N4O. The van der Waals surface area contributed by atoms with E-state index in [2.05, 4.69) is 14.9 Å². The minimum absolute atomic E-state index is 0.184. The monoisotopic (exact) mass is 362 g/mol. The molecule has 5 nitrogen and oxygen atoms in total. The lowest BCUT2D eigenvalue weighted by atomic mass is 9.98. The Bertz CT molecular complexity index is 778. The van der Waals surface area contributed by atoms with E-state index in [4.69, 9.17) is 10.00 Å². The van der Waals surface area contributed by atoms with Crippen molar-refractivity contribution in [2.24, 2.45) is 5.92 Å². The van der Waals surface area contributed by atoms with E-state index in [0.717, 1.165) is 44.0 Å². The summed E-state index contributed by atoms with van der Waals surface area (Å²) in [6.45, 7) is 1.95. The minimum atomic E-state index is -4.47. The summed E-state index contributed by atoms with van der Waals surface area (Å²) in [7, 11) is 0. The van der Waals surface area contributed by atoms with Gasteiger partial charge in [-0.1, -0.05) is 0 Å². The molecule has 1 fully saturated rings. The molecule has 0 unspecified atom stereocenters. The van der Waals surface area contributed by atoms with E-state index in [9.17, 15) is 13.2 Å². The van der Waals surface area contributed by atoms with Crippen LogP contribution in [0.1, 0.15) is 24.1 Å². The molecule has 1 aliphatic rings. The van der Waals surface area contributed by atoms with Crippen molar-refractivity contribution >= 4 is 5.82 Å². The molecule has 26 heavy (non-hydrogen) atoms. The highest BCUT2D eigenvalue weighted by Crippen LogP contribution is 2.30. The predicted octanol–water partition coefficient (Wildman–Crippen LogP) is 3.66. The first-order valence-corrected chi connectivity index (χ1v) is 8.23. The van der Waals surface area contributed by atoms with E-state index in [1.54, 1.807) is 12.3 Å². The molecule has 0 bridgehead atoms. The van der Waals surface area contributed by atoms with Gasteiger partial charge in [0, 0.05) is 31.5 Å². The van der Waals surface area contributed by atoms with Crippen LogP contribution in [-0.4, -0.2) is 29.7 Å². The molecule has 0 saturated carbocycles. The molecule has 1 aliphatic heterocycles. The van der Waals surface area contributed by atoms with Crippen molar-refractivity contribution < 1.29 is 17.9 Å². The van der Waals surface area contributed by atoms with Gasteiger partial charge in [-0.2, -0.15) is 18.4 Å². The van der Waals surface area contributed by atoms with Crippen molar-refractivity contribution in [3.63, 3.8) is 0 Å². The normalized spacial score (nSPS) is 15.5. The molecule has 0 radical (unpaired) electrons. The standard InChI is InChI=1S/C18H17F3N4O/c19-18(20,21)16-9-15(3-6-23-16)26-12-13-4-7-25(8-5-13)17-2-1-14(10-22)11-24-17/h1-3,6,9,11,13H,4-5,7-8,12H2. The molecule has 3 rings (SSSR count). The molecule has 0 atom stereocenters. The highest BCUT2D eigenvalue weighted by molar-refractivity contribution is 5.42. The molecule has 1 saturated heterocycles. The van der Waals surface area contributed by atoms with E-state index in [1.165, 1.54) is 6.07 Å². The molecule has 0 amide bonds. The molecule has 2 aromatic heterocycles. The maximum absolute atomic E-state index is 12.7. The zero-order valence-electron chi connectivity index (χ0n) is 13.9. The van der Waals surface area contributed by atoms with Crippen molar-refractivity contribution in [1.29, 1.82) is 5.26 Å². The van der Waals surface area contributed by atoms with Crippen molar-refractivity contribution in [1.82, 2.24) is 9.97 Å². The van der Waals surface area contributed by atoms with Crippen LogP contribution in [0, 0.1) is 17.2 Å². The highest BCUT2D eigenvalue weighted by atomic mass is 19.4. The molecule has 0 spiro atoms. The van der Waals surface area contributed by atoms with Gasteiger partial charge in [0.2, 0.25) is 0 Å². The van der Waals surface area contributed by atoms with Crippen molar-refractivity contribution in [3.8, 4) is 11.8 Å². The van der Waals surface area contributed by atoms with Crippen LogP contribution in [0.4, 0.5) is 19.0 Å². The fourth-order valence-electron chi connectivity index (χ4n) is 2.84. The molecule has 3 heterocycles. The average Bonchev–Trinajstić information content (AvgIpc) is 2.66. The van der Waals surface area contributed by atoms with Crippen LogP contribution < -0.4 is 9.64 Å². The second-order valence-electron chi connectivity index (χ2n) is 6.13. The summed E-state index contributed by atoms with van der Waals surface area (Å²) < 4.78 is 43.5.